The fourth-order valence-corrected chi connectivity index (χ4v) is 1.95. The van der Waals surface area contributed by atoms with Gasteiger partial charge < -0.3 is 5.73 Å². The zero-order chi connectivity index (χ0) is 12.4. The topological polar surface area (TPSA) is 78.7 Å². The predicted molar refractivity (Wildman–Crippen MR) is 72.6 cm³/mol. The zero-order valence-corrected chi connectivity index (χ0v) is 11.5. The second kappa shape index (κ2) is 4.86. The van der Waals surface area contributed by atoms with Crippen LogP contribution in [0.3, 0.4) is 0 Å². The molecule has 0 radical (unpaired) electrons. The number of aromatic nitrogens is 4. The van der Waals surface area contributed by atoms with Gasteiger partial charge in [0.25, 0.3) is 5.56 Å². The van der Waals surface area contributed by atoms with Gasteiger partial charge in [0.15, 0.2) is 0 Å². The monoisotopic (exact) mass is 345 g/mol. The summed E-state index contributed by atoms with van der Waals surface area (Å²) in [5.41, 5.74) is 5.50. The summed E-state index contributed by atoms with van der Waals surface area (Å²) in [7, 11) is 0. The van der Waals surface area contributed by atoms with Crippen LogP contribution in [0, 0.1) is 10.5 Å². The van der Waals surface area contributed by atoms with E-state index < -0.39 is 0 Å². The Kier molecular flexibility index (Phi) is 3.46. The Hall–Kier alpha value is -1.38. The van der Waals surface area contributed by atoms with Crippen molar-refractivity contribution in [2.75, 3.05) is 5.73 Å². The van der Waals surface area contributed by atoms with Gasteiger partial charge in [-0.05, 0) is 35.6 Å². The number of hydrogen-bond donors (Lipinski definition) is 1. The second-order valence-corrected chi connectivity index (χ2v) is 4.78. The van der Waals surface area contributed by atoms with Crippen LogP contribution in [0.2, 0.25) is 0 Å². The van der Waals surface area contributed by atoms with Crippen molar-refractivity contribution >= 4 is 28.4 Å². The van der Waals surface area contributed by atoms with E-state index >= 15 is 0 Å². The van der Waals surface area contributed by atoms with Gasteiger partial charge in [-0.15, -0.1) is 0 Å². The third-order valence-corrected chi connectivity index (χ3v) is 3.16. The van der Waals surface area contributed by atoms with Crippen molar-refractivity contribution in [3.8, 4) is 0 Å². The first-order valence-corrected chi connectivity index (χ1v) is 6.16. The summed E-state index contributed by atoms with van der Waals surface area (Å²) < 4.78 is 3.97. The Balaban J connectivity index is 2.19. The number of nitrogens with zero attached hydrogens (tertiary/aromatic N) is 4. The smallest absolute Gasteiger partial charge is 0.266 e. The first kappa shape index (κ1) is 12.1. The molecule has 90 valence electrons. The molecule has 2 N–H and O–H groups in total. The van der Waals surface area contributed by atoms with Gasteiger partial charge in [0.2, 0.25) is 0 Å². The highest BCUT2D eigenvalue weighted by molar-refractivity contribution is 14.1. The van der Waals surface area contributed by atoms with E-state index in [1.165, 1.54) is 0 Å². The normalized spacial score (nSPS) is 10.7. The van der Waals surface area contributed by atoms with E-state index in [4.69, 9.17) is 5.73 Å². The predicted octanol–water partition coefficient (Wildman–Crippen LogP) is 0.635. The van der Waals surface area contributed by atoms with Crippen LogP contribution in [0.4, 0.5) is 5.82 Å². The Morgan fingerprint density at radius 1 is 1.47 bits per heavy atom. The lowest BCUT2D eigenvalue weighted by atomic mass is 10.5. The van der Waals surface area contributed by atoms with Gasteiger partial charge in [-0.25, -0.2) is 4.98 Å². The van der Waals surface area contributed by atoms with E-state index in [0.29, 0.717) is 28.3 Å². The summed E-state index contributed by atoms with van der Waals surface area (Å²) in [4.78, 5) is 16.0. The molecule has 0 unspecified atom stereocenters. The van der Waals surface area contributed by atoms with E-state index in [2.05, 4.69) is 10.1 Å². The molecule has 0 bridgehead atoms. The van der Waals surface area contributed by atoms with Crippen molar-refractivity contribution in [1.29, 1.82) is 0 Å². The maximum absolute atomic E-state index is 11.9. The summed E-state index contributed by atoms with van der Waals surface area (Å²) in [6.45, 7) is 2.95. The number of hydrogen-bond acceptors (Lipinski definition) is 4. The highest BCUT2D eigenvalue weighted by Crippen LogP contribution is 2.00. The largest absolute Gasteiger partial charge is 0.382 e. The number of rotatable bonds is 3. The molecule has 0 aliphatic carbocycles. The van der Waals surface area contributed by atoms with Crippen molar-refractivity contribution in [3.05, 3.63) is 38.2 Å². The molecule has 2 heterocycles. The fourth-order valence-electron chi connectivity index (χ4n) is 1.52. The average Bonchev–Trinajstić information content (AvgIpc) is 2.70. The number of aryl methyl sites for hydroxylation is 2. The number of halogens is 1. The second-order valence-electron chi connectivity index (χ2n) is 3.61. The van der Waals surface area contributed by atoms with Crippen LogP contribution < -0.4 is 11.3 Å². The van der Waals surface area contributed by atoms with Gasteiger partial charge >= 0.3 is 0 Å². The quantitative estimate of drug-likeness (QED) is 0.828. The summed E-state index contributed by atoms with van der Waals surface area (Å²) in [5, 5.41) is 4.06. The molecule has 0 fully saturated rings. The molecule has 0 spiro atoms. The van der Waals surface area contributed by atoms with Gasteiger partial charge in [-0.1, -0.05) is 0 Å². The molecule has 2 aromatic rings. The fraction of sp³-hybridized carbons (Fsp3) is 0.300. The van der Waals surface area contributed by atoms with E-state index in [0.717, 1.165) is 0 Å². The molecule has 17 heavy (non-hydrogen) atoms. The number of anilines is 1. The molecule has 0 saturated carbocycles. The van der Waals surface area contributed by atoms with Crippen LogP contribution >= 0.6 is 22.6 Å². The van der Waals surface area contributed by atoms with Crippen molar-refractivity contribution in [2.24, 2.45) is 0 Å². The first-order chi connectivity index (χ1) is 8.08. The van der Waals surface area contributed by atoms with Crippen molar-refractivity contribution in [3.63, 3.8) is 0 Å². The molecule has 7 heteroatoms. The molecule has 0 saturated heterocycles. The van der Waals surface area contributed by atoms with E-state index in [1.807, 2.05) is 29.5 Å². The minimum atomic E-state index is -0.0155. The standard InChI is InChI=1S/C10H12IN5O/c1-7-13-6-8(11)10(17)16(7)5-4-15-3-2-9(12)14-15/h2-3,6H,4-5H2,1H3,(H2,12,14). The van der Waals surface area contributed by atoms with E-state index in [-0.39, 0.29) is 5.56 Å². The zero-order valence-electron chi connectivity index (χ0n) is 9.30. The lowest BCUT2D eigenvalue weighted by molar-refractivity contribution is 0.509. The summed E-state index contributed by atoms with van der Waals surface area (Å²) in [6, 6.07) is 1.72. The molecular weight excluding hydrogens is 333 g/mol. The summed E-state index contributed by atoms with van der Waals surface area (Å²) in [6.07, 6.45) is 3.37. The number of nitrogen functional groups attached to an aromatic ring is 1. The SMILES string of the molecule is Cc1ncc(I)c(=O)n1CCn1ccc(N)n1. The Morgan fingerprint density at radius 2 is 2.24 bits per heavy atom. The van der Waals surface area contributed by atoms with Crippen molar-refractivity contribution in [2.45, 2.75) is 20.0 Å². The molecule has 2 aromatic heterocycles. The van der Waals surface area contributed by atoms with Crippen LogP contribution in [0.25, 0.3) is 0 Å². The molecule has 6 nitrogen and oxygen atoms in total. The van der Waals surface area contributed by atoms with Crippen LogP contribution in [0.1, 0.15) is 5.82 Å². The Labute approximate surface area is 112 Å². The molecule has 0 aliphatic rings. The molecule has 0 aromatic carbocycles. The van der Waals surface area contributed by atoms with Crippen LogP contribution in [0.15, 0.2) is 23.3 Å². The highest BCUT2D eigenvalue weighted by atomic mass is 127. The van der Waals surface area contributed by atoms with Crippen LogP contribution in [-0.4, -0.2) is 19.3 Å². The van der Waals surface area contributed by atoms with Gasteiger partial charge in [0.1, 0.15) is 11.6 Å². The average molecular weight is 345 g/mol. The molecular formula is C10H12IN5O. The third kappa shape index (κ3) is 2.65. The molecule has 0 amide bonds. The van der Waals surface area contributed by atoms with Crippen molar-refractivity contribution in [1.82, 2.24) is 19.3 Å². The van der Waals surface area contributed by atoms with E-state index in [1.54, 1.807) is 27.7 Å². The van der Waals surface area contributed by atoms with Crippen LogP contribution in [0.5, 0.6) is 0 Å². The van der Waals surface area contributed by atoms with Crippen LogP contribution in [-0.2, 0) is 13.1 Å². The lowest BCUT2D eigenvalue weighted by Gasteiger charge is -2.09. The molecule has 2 rings (SSSR count). The molecule has 0 atom stereocenters. The molecule has 0 aliphatic heterocycles. The third-order valence-electron chi connectivity index (χ3n) is 2.42. The van der Waals surface area contributed by atoms with Gasteiger partial charge in [-0.2, -0.15) is 5.10 Å². The number of nitrogens with two attached hydrogens (primary N) is 1. The Bertz CT molecular complexity index is 589. The minimum absolute atomic E-state index is 0.0155. The maximum atomic E-state index is 11.9. The first-order valence-electron chi connectivity index (χ1n) is 5.09. The highest BCUT2D eigenvalue weighted by Gasteiger charge is 2.05. The lowest BCUT2D eigenvalue weighted by Crippen LogP contribution is -2.27. The minimum Gasteiger partial charge on any atom is -0.382 e. The van der Waals surface area contributed by atoms with Gasteiger partial charge in [0.05, 0.1) is 10.1 Å². The summed E-state index contributed by atoms with van der Waals surface area (Å²) >= 11 is 1.99. The van der Waals surface area contributed by atoms with Gasteiger partial charge in [0, 0.05) is 18.9 Å². The van der Waals surface area contributed by atoms with Gasteiger partial charge in [-0.3, -0.25) is 14.0 Å². The van der Waals surface area contributed by atoms with E-state index in [9.17, 15) is 4.79 Å². The Morgan fingerprint density at radius 3 is 2.88 bits per heavy atom. The summed E-state index contributed by atoms with van der Waals surface area (Å²) in [5.74, 6) is 1.19. The van der Waals surface area contributed by atoms with Crippen molar-refractivity contribution < 1.29 is 0 Å². The maximum Gasteiger partial charge on any atom is 0.266 e.